The Morgan fingerprint density at radius 3 is 3.04 bits per heavy atom. The highest BCUT2D eigenvalue weighted by Gasteiger charge is 2.27. The van der Waals surface area contributed by atoms with E-state index in [1.54, 1.807) is 12.3 Å². The Bertz CT molecular complexity index is 967. The molecule has 6 nitrogen and oxygen atoms in total. The third-order valence-electron chi connectivity index (χ3n) is 4.20. The lowest BCUT2D eigenvalue weighted by Gasteiger charge is -2.27. The van der Waals surface area contributed by atoms with Crippen LogP contribution in [0.15, 0.2) is 46.5 Å². The summed E-state index contributed by atoms with van der Waals surface area (Å²) < 4.78 is 0.906. The second-order valence-electron chi connectivity index (χ2n) is 5.87. The predicted octanol–water partition coefficient (Wildman–Crippen LogP) is 3.82. The van der Waals surface area contributed by atoms with Crippen LogP contribution in [0.2, 0.25) is 0 Å². The summed E-state index contributed by atoms with van der Waals surface area (Å²) in [5.74, 6) is -0.296. The molecule has 0 saturated carbocycles. The summed E-state index contributed by atoms with van der Waals surface area (Å²) in [5.41, 5.74) is 3.39. The maximum absolute atomic E-state index is 12.6. The zero-order chi connectivity index (χ0) is 18.1. The standard InChI is InChI=1S/C18H15BrN4O2S/c19-11-10-26-18(17(11)13-3-1-7-21-13)22-15(24)9-23-14-4-2-8-20-12(14)5-6-16(23)25/h1-4,7-8,10,21H,5-6,9H2,(H,22,24). The molecule has 0 aliphatic carbocycles. The first-order valence-corrected chi connectivity index (χ1v) is 9.75. The van der Waals surface area contributed by atoms with E-state index >= 15 is 0 Å². The van der Waals surface area contributed by atoms with Gasteiger partial charge in [0, 0.05) is 46.3 Å². The average molecular weight is 431 g/mol. The number of hydrogen-bond acceptors (Lipinski definition) is 4. The number of hydrogen-bond donors (Lipinski definition) is 2. The quantitative estimate of drug-likeness (QED) is 0.660. The molecule has 0 aromatic carbocycles. The third kappa shape index (κ3) is 3.17. The van der Waals surface area contributed by atoms with Crippen molar-refractivity contribution in [1.29, 1.82) is 0 Å². The van der Waals surface area contributed by atoms with Crippen LogP contribution in [0.1, 0.15) is 12.1 Å². The molecule has 8 heteroatoms. The molecule has 132 valence electrons. The molecule has 0 bridgehead atoms. The molecule has 0 spiro atoms. The molecule has 0 saturated heterocycles. The third-order valence-corrected chi connectivity index (χ3v) is 6.03. The molecule has 4 heterocycles. The van der Waals surface area contributed by atoms with E-state index in [1.165, 1.54) is 16.2 Å². The Hall–Kier alpha value is -2.45. The van der Waals surface area contributed by atoms with Gasteiger partial charge >= 0.3 is 0 Å². The molecule has 3 aromatic rings. The van der Waals surface area contributed by atoms with Gasteiger partial charge in [0.2, 0.25) is 11.8 Å². The number of amides is 2. The van der Waals surface area contributed by atoms with Gasteiger partial charge in [0.25, 0.3) is 0 Å². The maximum atomic E-state index is 12.6. The average Bonchev–Trinajstić information content (AvgIpc) is 3.27. The molecule has 4 rings (SSSR count). The number of H-pyrrole nitrogens is 1. The van der Waals surface area contributed by atoms with Gasteiger partial charge in [-0.05, 0) is 40.2 Å². The predicted molar refractivity (Wildman–Crippen MR) is 105 cm³/mol. The van der Waals surface area contributed by atoms with E-state index in [-0.39, 0.29) is 18.4 Å². The van der Waals surface area contributed by atoms with Gasteiger partial charge in [-0.3, -0.25) is 14.6 Å². The number of fused-ring (bicyclic) bond motifs is 1. The van der Waals surface area contributed by atoms with Crippen molar-refractivity contribution < 1.29 is 9.59 Å². The Morgan fingerprint density at radius 1 is 1.35 bits per heavy atom. The molecular weight excluding hydrogens is 416 g/mol. The van der Waals surface area contributed by atoms with E-state index in [9.17, 15) is 9.59 Å². The van der Waals surface area contributed by atoms with E-state index in [0.717, 1.165) is 32.1 Å². The van der Waals surface area contributed by atoms with Gasteiger partial charge in [0.05, 0.1) is 11.4 Å². The zero-order valence-electron chi connectivity index (χ0n) is 13.7. The van der Waals surface area contributed by atoms with E-state index in [2.05, 4.69) is 31.2 Å². The maximum Gasteiger partial charge on any atom is 0.245 e. The van der Waals surface area contributed by atoms with E-state index in [4.69, 9.17) is 0 Å². The van der Waals surface area contributed by atoms with Crippen LogP contribution in [0.4, 0.5) is 10.7 Å². The highest BCUT2D eigenvalue weighted by atomic mass is 79.9. The van der Waals surface area contributed by atoms with E-state index in [0.29, 0.717) is 12.8 Å². The summed E-state index contributed by atoms with van der Waals surface area (Å²) in [6.45, 7) is -0.0305. The lowest BCUT2D eigenvalue weighted by Crippen LogP contribution is -2.41. The van der Waals surface area contributed by atoms with Crippen LogP contribution >= 0.6 is 27.3 Å². The lowest BCUT2D eigenvalue weighted by atomic mass is 10.1. The first kappa shape index (κ1) is 17.0. The summed E-state index contributed by atoms with van der Waals surface area (Å²) in [6.07, 6.45) is 4.53. The second-order valence-corrected chi connectivity index (χ2v) is 7.60. The molecule has 2 N–H and O–H groups in total. The number of aryl methyl sites for hydroxylation is 1. The van der Waals surface area contributed by atoms with Crippen LogP contribution in [0.3, 0.4) is 0 Å². The number of carbonyl (C=O) groups excluding carboxylic acids is 2. The molecule has 0 atom stereocenters. The number of nitrogens with zero attached hydrogens (tertiary/aromatic N) is 2. The van der Waals surface area contributed by atoms with Crippen molar-refractivity contribution in [2.45, 2.75) is 12.8 Å². The molecule has 26 heavy (non-hydrogen) atoms. The van der Waals surface area contributed by atoms with E-state index in [1.807, 2.05) is 29.8 Å². The molecule has 1 aliphatic rings. The first-order chi connectivity index (χ1) is 12.6. The van der Waals surface area contributed by atoms with Gasteiger partial charge < -0.3 is 15.2 Å². The number of anilines is 2. The highest BCUT2D eigenvalue weighted by Crippen LogP contribution is 2.39. The lowest BCUT2D eigenvalue weighted by molar-refractivity contribution is -0.121. The van der Waals surface area contributed by atoms with Gasteiger partial charge in [-0.2, -0.15) is 0 Å². The van der Waals surface area contributed by atoms with E-state index < -0.39 is 0 Å². The minimum absolute atomic E-state index is 0.0305. The minimum Gasteiger partial charge on any atom is -0.361 e. The van der Waals surface area contributed by atoms with Crippen LogP contribution in [0.5, 0.6) is 0 Å². The van der Waals surface area contributed by atoms with Crippen molar-refractivity contribution in [3.05, 3.63) is 52.2 Å². The summed E-state index contributed by atoms with van der Waals surface area (Å²) in [6, 6.07) is 7.46. The SMILES string of the molecule is O=C(CN1C(=O)CCc2ncccc21)Nc1scc(Br)c1-c1ccc[nH]1. The van der Waals surface area contributed by atoms with Crippen molar-refractivity contribution in [1.82, 2.24) is 9.97 Å². The normalized spacial score (nSPS) is 13.6. The zero-order valence-corrected chi connectivity index (χ0v) is 16.1. The van der Waals surface area contributed by atoms with Crippen molar-refractivity contribution >= 4 is 49.8 Å². The molecule has 2 amide bonds. The van der Waals surface area contributed by atoms with Gasteiger partial charge in [-0.1, -0.05) is 0 Å². The van der Waals surface area contributed by atoms with Gasteiger partial charge in [0.1, 0.15) is 11.5 Å². The van der Waals surface area contributed by atoms with Gasteiger partial charge in [0.15, 0.2) is 0 Å². The van der Waals surface area contributed by atoms with Crippen molar-refractivity contribution in [3.8, 4) is 11.3 Å². The number of halogens is 1. The number of carbonyl (C=O) groups is 2. The number of aromatic nitrogens is 2. The van der Waals surface area contributed by atoms with Crippen LogP contribution in [-0.2, 0) is 16.0 Å². The highest BCUT2D eigenvalue weighted by molar-refractivity contribution is 9.10. The largest absolute Gasteiger partial charge is 0.361 e. The van der Waals surface area contributed by atoms with Crippen LogP contribution in [-0.4, -0.2) is 28.3 Å². The first-order valence-electron chi connectivity index (χ1n) is 8.08. The summed E-state index contributed by atoms with van der Waals surface area (Å²) in [5, 5.41) is 5.60. The molecule has 0 unspecified atom stereocenters. The van der Waals surface area contributed by atoms with Crippen molar-refractivity contribution in [2.75, 3.05) is 16.8 Å². The Kier molecular flexibility index (Phi) is 4.60. The number of nitrogens with one attached hydrogen (secondary N) is 2. The molecular formula is C18H15BrN4O2S. The van der Waals surface area contributed by atoms with Crippen LogP contribution in [0, 0.1) is 0 Å². The van der Waals surface area contributed by atoms with Crippen LogP contribution < -0.4 is 10.2 Å². The van der Waals surface area contributed by atoms with Gasteiger partial charge in [-0.25, -0.2) is 0 Å². The smallest absolute Gasteiger partial charge is 0.245 e. The molecule has 3 aromatic heterocycles. The number of pyridine rings is 1. The fraction of sp³-hybridized carbons (Fsp3) is 0.167. The Balaban J connectivity index is 1.55. The topological polar surface area (TPSA) is 78.1 Å². The van der Waals surface area contributed by atoms with Crippen LogP contribution in [0.25, 0.3) is 11.3 Å². The number of aromatic amines is 1. The van der Waals surface area contributed by atoms with Gasteiger partial charge in [-0.15, -0.1) is 11.3 Å². The van der Waals surface area contributed by atoms with Crippen molar-refractivity contribution in [3.63, 3.8) is 0 Å². The number of thiophene rings is 1. The summed E-state index contributed by atoms with van der Waals surface area (Å²) >= 11 is 4.96. The number of rotatable bonds is 4. The summed E-state index contributed by atoms with van der Waals surface area (Å²) in [7, 11) is 0. The monoisotopic (exact) mass is 430 g/mol. The minimum atomic E-state index is -0.239. The Morgan fingerprint density at radius 2 is 2.23 bits per heavy atom. The fourth-order valence-corrected chi connectivity index (χ4v) is 4.68. The summed E-state index contributed by atoms with van der Waals surface area (Å²) in [4.78, 5) is 33.9. The molecule has 0 radical (unpaired) electrons. The molecule has 0 fully saturated rings. The fourth-order valence-electron chi connectivity index (χ4n) is 3.01. The second kappa shape index (κ2) is 7.05. The molecule has 1 aliphatic heterocycles. The van der Waals surface area contributed by atoms with Crippen molar-refractivity contribution in [2.24, 2.45) is 0 Å². The Labute approximate surface area is 162 Å².